The Labute approximate surface area is 81.9 Å². The van der Waals surface area contributed by atoms with Gasteiger partial charge in [-0.15, -0.1) is 0 Å². The highest BCUT2D eigenvalue weighted by Crippen LogP contribution is 2.12. The van der Waals surface area contributed by atoms with Crippen LogP contribution in [0.1, 0.15) is 5.56 Å². The molecule has 0 spiro atoms. The van der Waals surface area contributed by atoms with Crippen LogP contribution in [-0.4, -0.2) is 14.2 Å². The lowest BCUT2D eigenvalue weighted by Gasteiger charge is -1.98. The molecule has 0 aromatic heterocycles. The first-order valence-corrected chi connectivity index (χ1v) is 5.35. The largest absolute Gasteiger partial charge is 0.223 e. The summed E-state index contributed by atoms with van der Waals surface area (Å²) in [6.07, 6.45) is 0. The topological polar surface area (TPSA) is 81.7 Å². The number of nitriles is 2. The van der Waals surface area contributed by atoms with Gasteiger partial charge in [0.05, 0.1) is 22.6 Å². The minimum atomic E-state index is -3.56. The Morgan fingerprint density at radius 1 is 1.29 bits per heavy atom. The third kappa shape index (κ3) is 2.09. The second-order valence-electron chi connectivity index (χ2n) is 2.56. The lowest BCUT2D eigenvalue weighted by Crippen LogP contribution is -2.04. The molecule has 0 aliphatic carbocycles. The van der Waals surface area contributed by atoms with Crippen molar-refractivity contribution in [3.05, 3.63) is 29.8 Å². The van der Waals surface area contributed by atoms with Crippen LogP contribution in [0, 0.1) is 22.7 Å². The Hall–Kier alpha value is -1.85. The third-order valence-electron chi connectivity index (χ3n) is 1.58. The lowest BCUT2D eigenvalue weighted by molar-refractivity contribution is 0.599. The van der Waals surface area contributed by atoms with E-state index in [1.165, 1.54) is 24.3 Å². The van der Waals surface area contributed by atoms with Gasteiger partial charge in [0, 0.05) is 0 Å². The van der Waals surface area contributed by atoms with Gasteiger partial charge >= 0.3 is 0 Å². The van der Waals surface area contributed by atoms with E-state index < -0.39 is 15.6 Å². The van der Waals surface area contributed by atoms with E-state index in [9.17, 15) is 8.42 Å². The number of rotatable bonds is 2. The Balaban J connectivity index is 3.23. The molecule has 5 heteroatoms. The summed E-state index contributed by atoms with van der Waals surface area (Å²) < 4.78 is 22.7. The minimum absolute atomic E-state index is 0.0121. The van der Waals surface area contributed by atoms with E-state index in [-0.39, 0.29) is 10.5 Å². The highest BCUT2D eigenvalue weighted by Gasteiger charge is 2.13. The van der Waals surface area contributed by atoms with Crippen LogP contribution in [0.5, 0.6) is 0 Å². The van der Waals surface area contributed by atoms with Gasteiger partial charge in [-0.05, 0) is 18.2 Å². The van der Waals surface area contributed by atoms with Crippen LogP contribution in [0.3, 0.4) is 0 Å². The SMILES string of the molecule is N#CCS(=O)(=O)c1cccc(C#N)c1. The normalized spacial score (nSPS) is 10.1. The molecule has 14 heavy (non-hydrogen) atoms. The molecule has 70 valence electrons. The molecule has 0 heterocycles. The molecule has 0 saturated heterocycles. The van der Waals surface area contributed by atoms with Crippen LogP contribution in [0.2, 0.25) is 0 Å². The van der Waals surface area contributed by atoms with Gasteiger partial charge in [0.15, 0.2) is 9.84 Å². The summed E-state index contributed by atoms with van der Waals surface area (Å²) >= 11 is 0. The van der Waals surface area contributed by atoms with E-state index in [1.54, 1.807) is 6.07 Å². The minimum Gasteiger partial charge on any atom is -0.223 e. The fourth-order valence-corrected chi connectivity index (χ4v) is 1.86. The zero-order valence-electron chi connectivity index (χ0n) is 7.14. The molecule has 1 aromatic rings. The molecule has 0 amide bonds. The van der Waals surface area contributed by atoms with Crippen molar-refractivity contribution in [3.8, 4) is 12.1 Å². The Morgan fingerprint density at radius 3 is 2.57 bits per heavy atom. The van der Waals surface area contributed by atoms with E-state index in [4.69, 9.17) is 10.5 Å². The van der Waals surface area contributed by atoms with Crippen LogP contribution >= 0.6 is 0 Å². The van der Waals surface area contributed by atoms with E-state index in [2.05, 4.69) is 0 Å². The number of sulfone groups is 1. The maximum atomic E-state index is 11.4. The maximum Gasteiger partial charge on any atom is 0.191 e. The van der Waals surface area contributed by atoms with Gasteiger partial charge in [-0.25, -0.2) is 8.42 Å². The van der Waals surface area contributed by atoms with Crippen LogP contribution in [0.25, 0.3) is 0 Å². The quantitative estimate of drug-likeness (QED) is 0.718. The molecular weight excluding hydrogens is 200 g/mol. The molecule has 0 N–H and O–H groups in total. The maximum absolute atomic E-state index is 11.4. The highest BCUT2D eigenvalue weighted by atomic mass is 32.2. The van der Waals surface area contributed by atoms with E-state index in [0.717, 1.165) is 0 Å². The van der Waals surface area contributed by atoms with E-state index in [0.29, 0.717) is 0 Å². The van der Waals surface area contributed by atoms with Crippen molar-refractivity contribution in [3.63, 3.8) is 0 Å². The molecule has 0 atom stereocenters. The Bertz CT molecular complexity index is 520. The summed E-state index contributed by atoms with van der Waals surface area (Å²) in [5.41, 5.74) is 0.268. The number of hydrogen-bond acceptors (Lipinski definition) is 4. The van der Waals surface area contributed by atoms with Crippen molar-refractivity contribution in [1.29, 1.82) is 10.5 Å². The molecule has 0 saturated carbocycles. The number of nitrogens with zero attached hydrogens (tertiary/aromatic N) is 2. The van der Waals surface area contributed by atoms with Crippen molar-refractivity contribution >= 4 is 9.84 Å². The second-order valence-corrected chi connectivity index (χ2v) is 4.55. The summed E-state index contributed by atoms with van der Waals surface area (Å²) in [5, 5.41) is 16.8. The fourth-order valence-electron chi connectivity index (χ4n) is 0.927. The first kappa shape index (κ1) is 10.2. The van der Waals surface area contributed by atoms with Crippen molar-refractivity contribution in [2.24, 2.45) is 0 Å². The summed E-state index contributed by atoms with van der Waals surface area (Å²) in [4.78, 5) is 0.0121. The Morgan fingerprint density at radius 2 is 2.00 bits per heavy atom. The zero-order chi connectivity index (χ0) is 10.6. The van der Waals surface area contributed by atoms with Gasteiger partial charge in [-0.1, -0.05) is 6.07 Å². The zero-order valence-corrected chi connectivity index (χ0v) is 7.95. The summed E-state index contributed by atoms with van der Waals surface area (Å²) in [7, 11) is -3.56. The molecule has 0 aliphatic heterocycles. The molecule has 0 unspecified atom stereocenters. The van der Waals surface area contributed by atoms with Gasteiger partial charge in [0.25, 0.3) is 0 Å². The summed E-state index contributed by atoms with van der Waals surface area (Å²) in [6.45, 7) is 0. The monoisotopic (exact) mass is 206 g/mol. The smallest absolute Gasteiger partial charge is 0.191 e. The third-order valence-corrected chi connectivity index (χ3v) is 3.06. The molecule has 4 nitrogen and oxygen atoms in total. The first-order chi connectivity index (χ1) is 6.60. The van der Waals surface area contributed by atoms with Crippen LogP contribution in [-0.2, 0) is 9.84 Å². The lowest BCUT2D eigenvalue weighted by atomic mass is 10.2. The van der Waals surface area contributed by atoms with Crippen LogP contribution in [0.4, 0.5) is 0 Å². The fraction of sp³-hybridized carbons (Fsp3) is 0.111. The standard InChI is InChI=1S/C9H6N2O2S/c10-4-5-14(12,13)9-3-1-2-8(6-9)7-11/h1-3,6H,5H2. The molecular formula is C9H6N2O2S. The van der Waals surface area contributed by atoms with Gasteiger partial charge < -0.3 is 0 Å². The van der Waals surface area contributed by atoms with E-state index >= 15 is 0 Å². The number of hydrogen-bond donors (Lipinski definition) is 0. The van der Waals surface area contributed by atoms with Gasteiger partial charge in [-0.2, -0.15) is 10.5 Å². The first-order valence-electron chi connectivity index (χ1n) is 3.70. The van der Waals surface area contributed by atoms with Gasteiger partial charge in [0.1, 0.15) is 5.75 Å². The average molecular weight is 206 g/mol. The predicted octanol–water partition coefficient (Wildman–Crippen LogP) is 0.856. The average Bonchev–Trinajstić information content (AvgIpc) is 2.18. The molecule has 0 aliphatic rings. The molecule has 0 fully saturated rings. The highest BCUT2D eigenvalue weighted by molar-refractivity contribution is 7.91. The Kier molecular flexibility index (Phi) is 2.85. The van der Waals surface area contributed by atoms with Crippen molar-refractivity contribution < 1.29 is 8.42 Å². The molecule has 0 bridgehead atoms. The van der Waals surface area contributed by atoms with E-state index in [1.807, 2.05) is 6.07 Å². The molecule has 1 rings (SSSR count). The summed E-state index contributed by atoms with van der Waals surface area (Å²) in [6, 6.07) is 9.01. The van der Waals surface area contributed by atoms with Crippen LogP contribution < -0.4 is 0 Å². The van der Waals surface area contributed by atoms with Gasteiger partial charge in [-0.3, -0.25) is 0 Å². The molecule has 1 aromatic carbocycles. The van der Waals surface area contributed by atoms with Crippen LogP contribution in [0.15, 0.2) is 29.2 Å². The number of benzene rings is 1. The second kappa shape index (κ2) is 3.91. The van der Waals surface area contributed by atoms with Crippen molar-refractivity contribution in [2.75, 3.05) is 5.75 Å². The van der Waals surface area contributed by atoms with Gasteiger partial charge in [0.2, 0.25) is 0 Å². The van der Waals surface area contributed by atoms with Crippen molar-refractivity contribution in [2.45, 2.75) is 4.90 Å². The molecule has 0 radical (unpaired) electrons. The van der Waals surface area contributed by atoms with Crippen molar-refractivity contribution in [1.82, 2.24) is 0 Å². The summed E-state index contributed by atoms with van der Waals surface area (Å²) in [5.74, 6) is -0.568. The predicted molar refractivity (Wildman–Crippen MR) is 48.8 cm³/mol.